The van der Waals surface area contributed by atoms with E-state index in [-0.39, 0.29) is 5.75 Å². The summed E-state index contributed by atoms with van der Waals surface area (Å²) in [7, 11) is -3.86. The molecule has 1 aliphatic carbocycles. The van der Waals surface area contributed by atoms with Gasteiger partial charge >= 0.3 is 0 Å². The first-order chi connectivity index (χ1) is 20.4. The molecule has 1 unspecified atom stereocenters. The second kappa shape index (κ2) is 14.5. The molecule has 0 saturated carbocycles. The monoisotopic (exact) mass is 589 g/mol. The van der Waals surface area contributed by atoms with Gasteiger partial charge in [-0.1, -0.05) is 80.4 Å². The summed E-state index contributed by atoms with van der Waals surface area (Å²) < 4.78 is 36.9. The van der Waals surface area contributed by atoms with Gasteiger partial charge in [0.1, 0.15) is 18.5 Å². The van der Waals surface area contributed by atoms with Crippen molar-refractivity contribution in [3.05, 3.63) is 101 Å². The maximum absolute atomic E-state index is 12.8. The second-order valence-electron chi connectivity index (χ2n) is 11.3. The SMILES string of the molecule is CCCCS(=O)(=O)OOC(C1=C(c2ccccc2C)CCc2ccccc21)c1ccc(OCCN2CCCCC2)cc1. The van der Waals surface area contributed by atoms with Crippen LogP contribution in [0.2, 0.25) is 0 Å². The van der Waals surface area contributed by atoms with E-state index in [2.05, 4.69) is 36.1 Å². The van der Waals surface area contributed by atoms with Crippen molar-refractivity contribution in [2.45, 2.75) is 64.9 Å². The normalized spacial score (nSPS) is 16.7. The quantitative estimate of drug-likeness (QED) is 0.152. The largest absolute Gasteiger partial charge is 0.492 e. The molecule has 3 aromatic carbocycles. The Morgan fingerprint density at radius 2 is 1.57 bits per heavy atom. The Hall–Kier alpha value is -2.97. The molecule has 7 heteroatoms. The van der Waals surface area contributed by atoms with Crippen molar-refractivity contribution in [3.63, 3.8) is 0 Å². The van der Waals surface area contributed by atoms with Crippen molar-refractivity contribution in [2.75, 3.05) is 32.0 Å². The molecule has 1 heterocycles. The molecule has 1 fully saturated rings. The third-order valence-electron chi connectivity index (χ3n) is 8.30. The van der Waals surface area contributed by atoms with Gasteiger partial charge in [0.05, 0.1) is 5.75 Å². The standard InChI is InChI=1S/C35H43NO5S/c1-3-4-26-42(37,38)41-40-35(29-16-19-30(20-17-29)39-25-24-36-22-10-5-11-23-36)34-32-15-9-7-13-28(32)18-21-33(34)31-14-8-6-12-27(31)2/h6-9,12-17,19-20,35H,3-5,10-11,18,21-26H2,1-2H3. The van der Waals surface area contributed by atoms with E-state index in [9.17, 15) is 8.42 Å². The highest BCUT2D eigenvalue weighted by Gasteiger charge is 2.31. The number of nitrogens with zero attached hydrogens (tertiary/aromatic N) is 1. The van der Waals surface area contributed by atoms with Crippen LogP contribution >= 0.6 is 0 Å². The summed E-state index contributed by atoms with van der Waals surface area (Å²) in [6.07, 6.45) is 6.07. The van der Waals surface area contributed by atoms with Gasteiger partial charge in [-0.3, -0.25) is 4.90 Å². The molecule has 0 aromatic heterocycles. The number of aryl methyl sites for hydroxylation is 2. The minimum absolute atomic E-state index is 0.0830. The average molecular weight is 590 g/mol. The molecule has 1 saturated heterocycles. The van der Waals surface area contributed by atoms with Crippen LogP contribution < -0.4 is 4.74 Å². The minimum Gasteiger partial charge on any atom is -0.492 e. The lowest BCUT2D eigenvalue weighted by molar-refractivity contribution is -0.226. The van der Waals surface area contributed by atoms with Crippen molar-refractivity contribution in [3.8, 4) is 5.75 Å². The fraction of sp³-hybridized carbons (Fsp3) is 0.429. The molecule has 0 spiro atoms. The number of unbranched alkanes of at least 4 members (excludes halogenated alkanes) is 1. The van der Waals surface area contributed by atoms with E-state index in [4.69, 9.17) is 14.0 Å². The Bertz CT molecular complexity index is 1460. The summed E-state index contributed by atoms with van der Waals surface area (Å²) in [5, 5.41) is 0. The molecular formula is C35H43NO5S. The lowest BCUT2D eigenvalue weighted by Crippen LogP contribution is -2.33. The van der Waals surface area contributed by atoms with Crippen LogP contribution in [0.25, 0.3) is 11.1 Å². The molecular weight excluding hydrogens is 546 g/mol. The Morgan fingerprint density at radius 3 is 2.31 bits per heavy atom. The molecule has 1 atom stereocenters. The predicted molar refractivity (Wildman–Crippen MR) is 169 cm³/mol. The van der Waals surface area contributed by atoms with Crippen LogP contribution in [-0.4, -0.2) is 45.3 Å². The van der Waals surface area contributed by atoms with Crippen molar-refractivity contribution in [2.24, 2.45) is 0 Å². The number of allylic oxidation sites excluding steroid dienone is 1. The van der Waals surface area contributed by atoms with Gasteiger partial charge in [0, 0.05) is 6.54 Å². The molecule has 2 aliphatic rings. The number of piperidine rings is 1. The second-order valence-corrected chi connectivity index (χ2v) is 13.0. The zero-order valence-electron chi connectivity index (χ0n) is 24.9. The minimum atomic E-state index is -3.86. The third kappa shape index (κ3) is 7.70. The molecule has 0 bridgehead atoms. The number of ether oxygens (including phenoxy) is 1. The molecule has 1 aliphatic heterocycles. The highest BCUT2D eigenvalue weighted by atomic mass is 32.2. The van der Waals surface area contributed by atoms with E-state index in [0.29, 0.717) is 13.0 Å². The zero-order valence-corrected chi connectivity index (χ0v) is 25.7. The van der Waals surface area contributed by atoms with Gasteiger partial charge in [0.25, 0.3) is 10.1 Å². The van der Waals surface area contributed by atoms with Crippen molar-refractivity contribution in [1.29, 1.82) is 0 Å². The first-order valence-electron chi connectivity index (χ1n) is 15.4. The van der Waals surface area contributed by atoms with Gasteiger partial charge in [-0.2, -0.15) is 8.42 Å². The molecule has 42 heavy (non-hydrogen) atoms. The Balaban J connectivity index is 1.49. The summed E-state index contributed by atoms with van der Waals surface area (Å²) in [4.78, 5) is 8.44. The molecule has 3 aromatic rings. The first-order valence-corrected chi connectivity index (χ1v) is 16.9. The lowest BCUT2D eigenvalue weighted by atomic mass is 9.78. The maximum Gasteiger partial charge on any atom is 0.293 e. The van der Waals surface area contributed by atoms with Crippen LogP contribution in [0.5, 0.6) is 5.75 Å². The molecule has 0 radical (unpaired) electrons. The van der Waals surface area contributed by atoms with E-state index in [0.717, 1.165) is 78.0 Å². The molecule has 0 N–H and O–H groups in total. The van der Waals surface area contributed by atoms with Crippen LogP contribution in [0.3, 0.4) is 0 Å². The van der Waals surface area contributed by atoms with Gasteiger partial charge in [-0.05, 0) is 103 Å². The summed E-state index contributed by atoms with van der Waals surface area (Å²) in [6, 6.07) is 24.4. The van der Waals surface area contributed by atoms with Gasteiger partial charge in [-0.25, -0.2) is 4.89 Å². The van der Waals surface area contributed by atoms with Crippen molar-refractivity contribution < 1.29 is 22.4 Å². The smallest absolute Gasteiger partial charge is 0.293 e. The summed E-state index contributed by atoms with van der Waals surface area (Å²) in [5.74, 6) is 0.698. The Labute approximate surface area is 251 Å². The molecule has 224 valence electrons. The third-order valence-corrected chi connectivity index (χ3v) is 9.38. The van der Waals surface area contributed by atoms with Crippen molar-refractivity contribution in [1.82, 2.24) is 4.90 Å². The Kier molecular flexibility index (Phi) is 10.5. The van der Waals surface area contributed by atoms with E-state index < -0.39 is 16.2 Å². The van der Waals surface area contributed by atoms with E-state index in [1.165, 1.54) is 24.8 Å². The first kappa shape index (κ1) is 30.5. The number of hydrogen-bond acceptors (Lipinski definition) is 6. The fourth-order valence-corrected chi connectivity index (χ4v) is 6.90. The molecule has 6 nitrogen and oxygen atoms in total. The highest BCUT2D eigenvalue weighted by Crippen LogP contribution is 2.46. The fourth-order valence-electron chi connectivity index (χ4n) is 5.99. The number of benzene rings is 3. The van der Waals surface area contributed by atoms with Crippen molar-refractivity contribution >= 4 is 21.3 Å². The summed E-state index contributed by atoms with van der Waals surface area (Å²) in [5.41, 5.74) is 7.47. The van der Waals surface area contributed by atoms with Gasteiger partial charge in [-0.15, -0.1) is 4.33 Å². The summed E-state index contributed by atoms with van der Waals surface area (Å²) in [6.45, 7) is 7.89. The lowest BCUT2D eigenvalue weighted by Gasteiger charge is -2.30. The van der Waals surface area contributed by atoms with Gasteiger partial charge in [0.15, 0.2) is 0 Å². The number of rotatable bonds is 13. The number of likely N-dealkylation sites (tertiary alicyclic amines) is 1. The van der Waals surface area contributed by atoms with Crippen LogP contribution in [0.4, 0.5) is 0 Å². The molecule has 0 amide bonds. The zero-order chi connectivity index (χ0) is 29.4. The summed E-state index contributed by atoms with van der Waals surface area (Å²) >= 11 is 0. The van der Waals surface area contributed by atoms with Crippen LogP contribution in [0, 0.1) is 6.92 Å². The van der Waals surface area contributed by atoms with Crippen LogP contribution in [0.15, 0.2) is 72.8 Å². The van der Waals surface area contributed by atoms with Crippen LogP contribution in [-0.2, 0) is 25.8 Å². The van der Waals surface area contributed by atoms with Gasteiger partial charge < -0.3 is 4.74 Å². The maximum atomic E-state index is 12.8. The van der Waals surface area contributed by atoms with E-state index in [1.807, 2.05) is 55.5 Å². The van der Waals surface area contributed by atoms with Crippen LogP contribution in [0.1, 0.15) is 79.4 Å². The van der Waals surface area contributed by atoms with E-state index in [1.54, 1.807) is 0 Å². The average Bonchev–Trinajstić information content (AvgIpc) is 3.02. The van der Waals surface area contributed by atoms with Gasteiger partial charge in [0.2, 0.25) is 0 Å². The predicted octanol–water partition coefficient (Wildman–Crippen LogP) is 7.54. The number of fused-ring (bicyclic) bond motifs is 1. The number of hydrogen-bond donors (Lipinski definition) is 0. The topological polar surface area (TPSA) is 65.1 Å². The Morgan fingerprint density at radius 1 is 0.857 bits per heavy atom. The molecule has 5 rings (SSSR count). The van der Waals surface area contributed by atoms with E-state index >= 15 is 0 Å². The highest BCUT2D eigenvalue weighted by molar-refractivity contribution is 7.86.